The number of nitrogens with one attached hydrogen (secondary N) is 1. The van der Waals surface area contributed by atoms with E-state index in [-0.39, 0.29) is 12.0 Å². The summed E-state index contributed by atoms with van der Waals surface area (Å²) in [5.41, 5.74) is 5.83. The minimum atomic E-state index is -0.0983. The third-order valence-corrected chi connectivity index (χ3v) is 4.38. The number of guanidine groups is 1. The molecule has 0 saturated heterocycles. The molecule has 0 aliphatic heterocycles. The van der Waals surface area contributed by atoms with E-state index in [2.05, 4.69) is 24.2 Å². The lowest BCUT2D eigenvalue weighted by Crippen LogP contribution is -2.42. The van der Waals surface area contributed by atoms with Gasteiger partial charge < -0.3 is 16.2 Å². The molecule has 0 aromatic rings. The average molecular weight is 255 g/mol. The maximum Gasteiger partial charge on any atom is 0.188 e. The lowest BCUT2D eigenvalue weighted by molar-refractivity contribution is 0.123. The van der Waals surface area contributed by atoms with Gasteiger partial charge in [0.15, 0.2) is 5.96 Å². The number of nitrogens with two attached hydrogens (primary N) is 1. The van der Waals surface area contributed by atoms with Gasteiger partial charge in [-0.3, -0.25) is 4.99 Å². The third-order valence-electron chi connectivity index (χ3n) is 4.38. The molecule has 18 heavy (non-hydrogen) atoms. The minimum Gasteiger partial charge on any atom is -0.396 e. The van der Waals surface area contributed by atoms with Crippen LogP contribution < -0.4 is 11.1 Å². The normalized spacial score (nSPS) is 18.9. The second-order valence-corrected chi connectivity index (χ2v) is 5.55. The van der Waals surface area contributed by atoms with Crippen LogP contribution in [0.15, 0.2) is 4.99 Å². The topological polar surface area (TPSA) is 70.6 Å². The van der Waals surface area contributed by atoms with Crippen molar-refractivity contribution in [1.82, 2.24) is 5.32 Å². The van der Waals surface area contributed by atoms with Crippen molar-refractivity contribution in [2.24, 2.45) is 16.1 Å². The molecule has 1 saturated carbocycles. The zero-order chi connectivity index (χ0) is 13.4. The molecule has 0 amide bonds. The van der Waals surface area contributed by atoms with E-state index in [0.29, 0.717) is 18.5 Å². The lowest BCUT2D eigenvalue weighted by atomic mass is 9.83. The number of aliphatic hydroxyl groups is 1. The Morgan fingerprint density at radius 3 is 2.39 bits per heavy atom. The van der Waals surface area contributed by atoms with Gasteiger partial charge in [0.2, 0.25) is 0 Å². The Morgan fingerprint density at radius 1 is 1.28 bits per heavy atom. The van der Waals surface area contributed by atoms with Crippen LogP contribution in [-0.4, -0.2) is 30.3 Å². The van der Waals surface area contributed by atoms with Gasteiger partial charge in [-0.15, -0.1) is 0 Å². The average Bonchev–Trinajstić information content (AvgIpc) is 2.42. The standard InChI is InChI=1S/C14H29N3O/c1-3-14(4-2,11-18)10-16-13(15)17-12-8-6-5-7-9-12/h12,18H,3-11H2,1-2H3,(H3,15,16,17). The first-order chi connectivity index (χ1) is 8.65. The number of hydrogen-bond donors (Lipinski definition) is 3. The van der Waals surface area contributed by atoms with Crippen molar-refractivity contribution in [2.45, 2.75) is 64.8 Å². The minimum absolute atomic E-state index is 0.0983. The zero-order valence-corrected chi connectivity index (χ0v) is 11.9. The molecule has 0 aromatic carbocycles. The fourth-order valence-electron chi connectivity index (χ4n) is 2.50. The maximum absolute atomic E-state index is 9.48. The van der Waals surface area contributed by atoms with Crippen LogP contribution in [0.25, 0.3) is 0 Å². The highest BCUT2D eigenvalue weighted by Gasteiger charge is 2.25. The van der Waals surface area contributed by atoms with Gasteiger partial charge >= 0.3 is 0 Å². The summed E-state index contributed by atoms with van der Waals surface area (Å²) in [5.74, 6) is 0.543. The highest BCUT2D eigenvalue weighted by Crippen LogP contribution is 2.25. The van der Waals surface area contributed by atoms with Crippen molar-refractivity contribution >= 4 is 5.96 Å². The molecule has 1 aliphatic carbocycles. The van der Waals surface area contributed by atoms with Crippen molar-refractivity contribution < 1.29 is 5.11 Å². The van der Waals surface area contributed by atoms with E-state index in [0.717, 1.165) is 12.8 Å². The Balaban J connectivity index is 2.44. The molecule has 0 heterocycles. The highest BCUT2D eigenvalue weighted by atomic mass is 16.3. The van der Waals surface area contributed by atoms with Crippen molar-refractivity contribution in [3.05, 3.63) is 0 Å². The van der Waals surface area contributed by atoms with Crippen LogP contribution >= 0.6 is 0 Å². The largest absolute Gasteiger partial charge is 0.396 e. The summed E-state index contributed by atoms with van der Waals surface area (Å²) in [6.07, 6.45) is 8.17. The monoisotopic (exact) mass is 255 g/mol. The predicted octanol–water partition coefficient (Wildman–Crippen LogP) is 2.02. The van der Waals surface area contributed by atoms with Gasteiger partial charge in [0.25, 0.3) is 0 Å². The van der Waals surface area contributed by atoms with Gasteiger partial charge in [0.1, 0.15) is 0 Å². The van der Waals surface area contributed by atoms with Crippen molar-refractivity contribution in [1.29, 1.82) is 0 Å². The Kier molecular flexibility index (Phi) is 6.47. The van der Waals surface area contributed by atoms with E-state index < -0.39 is 0 Å². The molecule has 1 rings (SSSR count). The number of nitrogens with zero attached hydrogens (tertiary/aromatic N) is 1. The van der Waals surface area contributed by atoms with Crippen molar-refractivity contribution in [3.8, 4) is 0 Å². The third kappa shape index (κ3) is 4.48. The summed E-state index contributed by atoms with van der Waals surface area (Å²) >= 11 is 0. The fourth-order valence-corrected chi connectivity index (χ4v) is 2.50. The Bertz CT molecular complexity index is 248. The van der Waals surface area contributed by atoms with Crippen LogP contribution in [0.2, 0.25) is 0 Å². The van der Waals surface area contributed by atoms with Crippen LogP contribution in [0.3, 0.4) is 0 Å². The van der Waals surface area contributed by atoms with E-state index in [4.69, 9.17) is 5.73 Å². The molecule has 0 aromatic heterocycles. The molecule has 1 aliphatic rings. The van der Waals surface area contributed by atoms with E-state index in [1.54, 1.807) is 0 Å². The molecule has 0 bridgehead atoms. The molecule has 4 heteroatoms. The molecule has 4 nitrogen and oxygen atoms in total. The maximum atomic E-state index is 9.48. The van der Waals surface area contributed by atoms with Crippen molar-refractivity contribution in [2.75, 3.05) is 13.2 Å². The first-order valence-corrected chi connectivity index (χ1v) is 7.33. The lowest BCUT2D eigenvalue weighted by Gasteiger charge is -2.28. The molecule has 4 N–H and O–H groups in total. The Morgan fingerprint density at radius 2 is 1.89 bits per heavy atom. The van der Waals surface area contributed by atoms with E-state index in [9.17, 15) is 5.11 Å². The quantitative estimate of drug-likeness (QED) is 0.502. The molecule has 0 unspecified atom stereocenters. The first kappa shape index (κ1) is 15.3. The first-order valence-electron chi connectivity index (χ1n) is 7.33. The molecule has 1 fully saturated rings. The van der Waals surface area contributed by atoms with Gasteiger partial charge in [-0.25, -0.2) is 0 Å². The number of hydrogen-bond acceptors (Lipinski definition) is 2. The van der Waals surface area contributed by atoms with Gasteiger partial charge in [-0.1, -0.05) is 33.1 Å². The molecule has 0 atom stereocenters. The summed E-state index contributed by atoms with van der Waals surface area (Å²) in [6.45, 7) is 4.99. The molecule has 0 radical (unpaired) electrons. The van der Waals surface area contributed by atoms with Crippen LogP contribution in [0.4, 0.5) is 0 Å². The molecule has 0 spiro atoms. The summed E-state index contributed by atoms with van der Waals surface area (Å²) in [4.78, 5) is 4.43. The Labute approximate surface area is 111 Å². The highest BCUT2D eigenvalue weighted by molar-refractivity contribution is 5.78. The van der Waals surface area contributed by atoms with Gasteiger partial charge in [0.05, 0.1) is 13.2 Å². The zero-order valence-electron chi connectivity index (χ0n) is 11.9. The number of aliphatic hydroxyl groups excluding tert-OH is 1. The number of aliphatic imine (C=N–C) groups is 1. The Hall–Kier alpha value is -0.770. The second kappa shape index (κ2) is 7.62. The van der Waals surface area contributed by atoms with Gasteiger partial charge in [0, 0.05) is 11.5 Å². The van der Waals surface area contributed by atoms with Crippen LogP contribution in [0.5, 0.6) is 0 Å². The summed E-state index contributed by atoms with van der Waals surface area (Å²) < 4.78 is 0. The predicted molar refractivity (Wildman–Crippen MR) is 76.6 cm³/mol. The van der Waals surface area contributed by atoms with E-state index in [1.165, 1.54) is 32.1 Å². The SMILES string of the molecule is CCC(CC)(CO)CN=C(N)NC1CCCCC1. The van der Waals surface area contributed by atoms with Crippen molar-refractivity contribution in [3.63, 3.8) is 0 Å². The summed E-state index contributed by atoms with van der Waals surface area (Å²) in [6, 6.07) is 0.495. The molecular formula is C14H29N3O. The molecular weight excluding hydrogens is 226 g/mol. The van der Waals surface area contributed by atoms with Gasteiger partial charge in [-0.05, 0) is 25.7 Å². The smallest absolute Gasteiger partial charge is 0.188 e. The summed E-state index contributed by atoms with van der Waals surface area (Å²) in [5, 5.41) is 12.8. The number of rotatable bonds is 6. The fraction of sp³-hybridized carbons (Fsp3) is 0.929. The molecule has 106 valence electrons. The summed E-state index contributed by atoms with van der Waals surface area (Å²) in [7, 11) is 0. The van der Waals surface area contributed by atoms with Gasteiger partial charge in [-0.2, -0.15) is 0 Å². The second-order valence-electron chi connectivity index (χ2n) is 5.55. The van der Waals surface area contributed by atoms with E-state index in [1.807, 2.05) is 0 Å². The van der Waals surface area contributed by atoms with Crippen LogP contribution in [0.1, 0.15) is 58.8 Å². The van der Waals surface area contributed by atoms with Crippen LogP contribution in [-0.2, 0) is 0 Å². The van der Waals surface area contributed by atoms with E-state index >= 15 is 0 Å². The van der Waals surface area contributed by atoms with Crippen LogP contribution in [0, 0.1) is 5.41 Å².